The van der Waals surface area contributed by atoms with E-state index in [0.29, 0.717) is 0 Å². The maximum atomic E-state index is 5.64. The maximum Gasteiger partial charge on any atom is 0.107 e. The Morgan fingerprint density at radius 1 is 0.923 bits per heavy atom. The molecule has 0 N–H and O–H groups in total. The third-order valence-corrected chi connectivity index (χ3v) is 2.86. The van der Waals surface area contributed by atoms with E-state index in [0.717, 1.165) is 12.3 Å². The van der Waals surface area contributed by atoms with Crippen molar-refractivity contribution in [1.29, 1.82) is 0 Å². The van der Waals surface area contributed by atoms with Gasteiger partial charge in [0.25, 0.3) is 0 Å². The van der Waals surface area contributed by atoms with Crippen LogP contribution in [0.15, 0.2) is 0 Å². The quantitative estimate of drug-likeness (QED) is 0.394. The van der Waals surface area contributed by atoms with E-state index in [-0.39, 0.29) is 4.84 Å². The lowest BCUT2D eigenvalue weighted by Crippen LogP contribution is -1.95. The normalized spacial score (nSPS) is 13.6. The summed E-state index contributed by atoms with van der Waals surface area (Å²) in [5, 5.41) is 0. The van der Waals surface area contributed by atoms with E-state index in [4.69, 9.17) is 23.2 Å². The molecule has 0 aromatic heterocycles. The zero-order valence-electron chi connectivity index (χ0n) is 8.86. The Bertz CT molecular complexity index is 102. The molecule has 0 fully saturated rings. The Morgan fingerprint density at radius 2 is 1.46 bits per heavy atom. The highest BCUT2D eigenvalue weighted by Crippen LogP contribution is 2.18. The first-order valence-corrected chi connectivity index (χ1v) is 6.32. The fourth-order valence-corrected chi connectivity index (χ4v) is 1.80. The first-order chi connectivity index (χ1) is 6.16. The first-order valence-electron chi connectivity index (χ1n) is 5.45. The topological polar surface area (TPSA) is 0 Å². The van der Waals surface area contributed by atoms with Crippen molar-refractivity contribution in [2.75, 3.05) is 0 Å². The van der Waals surface area contributed by atoms with Crippen molar-refractivity contribution >= 4 is 23.2 Å². The second kappa shape index (κ2) is 9.15. The van der Waals surface area contributed by atoms with Gasteiger partial charge in [-0.1, -0.05) is 52.4 Å². The highest BCUT2D eigenvalue weighted by molar-refractivity contribution is 6.44. The fraction of sp³-hybridized carbons (Fsp3) is 1.00. The van der Waals surface area contributed by atoms with Gasteiger partial charge in [-0.2, -0.15) is 0 Å². The molecule has 0 amide bonds. The van der Waals surface area contributed by atoms with Crippen LogP contribution in [-0.4, -0.2) is 4.84 Å². The van der Waals surface area contributed by atoms with E-state index in [1.54, 1.807) is 0 Å². The molecule has 0 radical (unpaired) electrons. The van der Waals surface area contributed by atoms with Gasteiger partial charge in [0.15, 0.2) is 0 Å². The maximum absolute atomic E-state index is 5.64. The molecule has 0 aliphatic rings. The molecule has 0 saturated carbocycles. The molecule has 13 heavy (non-hydrogen) atoms. The number of alkyl halides is 2. The third kappa shape index (κ3) is 10.5. The van der Waals surface area contributed by atoms with Crippen LogP contribution in [0.25, 0.3) is 0 Å². The second-order valence-corrected chi connectivity index (χ2v) is 5.20. The summed E-state index contributed by atoms with van der Waals surface area (Å²) < 4.78 is 0. The molecule has 0 saturated heterocycles. The Hall–Kier alpha value is 0.580. The van der Waals surface area contributed by atoms with Crippen LogP contribution in [0.4, 0.5) is 0 Å². The number of hydrogen-bond donors (Lipinski definition) is 0. The SMILES string of the molecule is CCCCC(C)CCCCC(Cl)Cl. The summed E-state index contributed by atoms with van der Waals surface area (Å²) in [5.74, 6) is 0.879. The molecule has 0 aliphatic heterocycles. The predicted octanol–water partition coefficient (Wildman–Crippen LogP) is 5.18. The van der Waals surface area contributed by atoms with E-state index >= 15 is 0 Å². The van der Waals surface area contributed by atoms with Gasteiger partial charge >= 0.3 is 0 Å². The van der Waals surface area contributed by atoms with E-state index < -0.39 is 0 Å². The average molecular weight is 225 g/mol. The van der Waals surface area contributed by atoms with E-state index in [1.807, 2.05) is 0 Å². The lowest BCUT2D eigenvalue weighted by Gasteiger charge is -2.10. The van der Waals surface area contributed by atoms with Crippen molar-refractivity contribution in [3.05, 3.63) is 0 Å². The first kappa shape index (κ1) is 13.6. The molecule has 0 bridgehead atoms. The van der Waals surface area contributed by atoms with Gasteiger partial charge in [-0.15, -0.1) is 23.2 Å². The van der Waals surface area contributed by atoms with Crippen molar-refractivity contribution in [3.8, 4) is 0 Å². The molecule has 0 nitrogen and oxygen atoms in total. The Kier molecular flexibility index (Phi) is 9.56. The Balaban J connectivity index is 3.12. The van der Waals surface area contributed by atoms with Crippen LogP contribution in [0, 0.1) is 5.92 Å². The molecular weight excluding hydrogens is 203 g/mol. The van der Waals surface area contributed by atoms with E-state index in [1.165, 1.54) is 38.5 Å². The molecule has 1 unspecified atom stereocenters. The van der Waals surface area contributed by atoms with E-state index in [9.17, 15) is 0 Å². The largest absolute Gasteiger partial charge is 0.107 e. The van der Waals surface area contributed by atoms with Crippen molar-refractivity contribution in [3.63, 3.8) is 0 Å². The van der Waals surface area contributed by atoms with Gasteiger partial charge in [0.2, 0.25) is 0 Å². The van der Waals surface area contributed by atoms with Gasteiger partial charge in [0.1, 0.15) is 4.84 Å². The molecule has 2 heteroatoms. The summed E-state index contributed by atoms with van der Waals surface area (Å²) >= 11 is 11.3. The standard InChI is InChI=1S/C11H22Cl2/c1-3-4-7-10(2)8-5-6-9-11(12)13/h10-11H,3-9H2,1-2H3. The molecule has 0 aromatic rings. The monoisotopic (exact) mass is 224 g/mol. The van der Waals surface area contributed by atoms with Crippen LogP contribution in [0.1, 0.15) is 58.8 Å². The van der Waals surface area contributed by atoms with Gasteiger partial charge in [0, 0.05) is 0 Å². The van der Waals surface area contributed by atoms with Crippen molar-refractivity contribution in [2.45, 2.75) is 63.6 Å². The molecule has 80 valence electrons. The van der Waals surface area contributed by atoms with Gasteiger partial charge in [-0.25, -0.2) is 0 Å². The highest BCUT2D eigenvalue weighted by atomic mass is 35.5. The van der Waals surface area contributed by atoms with Crippen molar-refractivity contribution in [2.24, 2.45) is 5.92 Å². The van der Waals surface area contributed by atoms with Crippen LogP contribution < -0.4 is 0 Å². The minimum Gasteiger partial charge on any atom is -0.105 e. The number of rotatable bonds is 8. The molecule has 0 aromatic carbocycles. The summed E-state index contributed by atoms with van der Waals surface area (Å²) in [6.45, 7) is 4.59. The third-order valence-electron chi connectivity index (χ3n) is 2.42. The smallest absolute Gasteiger partial charge is 0.105 e. The predicted molar refractivity (Wildman–Crippen MR) is 62.7 cm³/mol. The summed E-state index contributed by atoms with van der Waals surface area (Å²) in [6.07, 6.45) is 8.80. The number of hydrogen-bond acceptors (Lipinski definition) is 0. The van der Waals surface area contributed by atoms with Gasteiger partial charge < -0.3 is 0 Å². The Labute approximate surface area is 93.0 Å². The molecule has 0 spiro atoms. The van der Waals surface area contributed by atoms with Gasteiger partial charge in [-0.3, -0.25) is 0 Å². The zero-order valence-corrected chi connectivity index (χ0v) is 10.4. The summed E-state index contributed by atoms with van der Waals surface area (Å²) in [6, 6.07) is 0. The van der Waals surface area contributed by atoms with Crippen LogP contribution >= 0.6 is 23.2 Å². The molecule has 1 atom stereocenters. The highest BCUT2D eigenvalue weighted by Gasteiger charge is 2.02. The lowest BCUT2D eigenvalue weighted by molar-refractivity contribution is 0.447. The van der Waals surface area contributed by atoms with E-state index in [2.05, 4.69) is 13.8 Å². The fourth-order valence-electron chi connectivity index (χ4n) is 1.49. The van der Waals surface area contributed by atoms with Crippen LogP contribution in [0.3, 0.4) is 0 Å². The number of halogens is 2. The minimum atomic E-state index is -0.161. The summed E-state index contributed by atoms with van der Waals surface area (Å²) in [4.78, 5) is -0.161. The van der Waals surface area contributed by atoms with Crippen LogP contribution in [-0.2, 0) is 0 Å². The lowest BCUT2D eigenvalue weighted by atomic mass is 9.98. The minimum absolute atomic E-state index is 0.161. The van der Waals surface area contributed by atoms with Crippen molar-refractivity contribution < 1.29 is 0 Å². The van der Waals surface area contributed by atoms with Gasteiger partial charge in [-0.05, 0) is 12.3 Å². The molecule has 0 rings (SSSR count). The molecular formula is C11H22Cl2. The molecule has 0 heterocycles. The summed E-state index contributed by atoms with van der Waals surface area (Å²) in [7, 11) is 0. The second-order valence-electron chi connectivity index (χ2n) is 3.92. The van der Waals surface area contributed by atoms with Crippen LogP contribution in [0.2, 0.25) is 0 Å². The van der Waals surface area contributed by atoms with Crippen molar-refractivity contribution in [1.82, 2.24) is 0 Å². The zero-order chi connectivity index (χ0) is 10.1. The number of unbranched alkanes of at least 4 members (excludes halogenated alkanes) is 2. The average Bonchev–Trinajstić information content (AvgIpc) is 2.08. The summed E-state index contributed by atoms with van der Waals surface area (Å²) in [5.41, 5.74) is 0. The Morgan fingerprint density at radius 3 is 2.00 bits per heavy atom. The van der Waals surface area contributed by atoms with Crippen LogP contribution in [0.5, 0.6) is 0 Å². The molecule has 0 aliphatic carbocycles. The van der Waals surface area contributed by atoms with Gasteiger partial charge in [0.05, 0.1) is 0 Å².